The zero-order valence-electron chi connectivity index (χ0n) is 18.0. The lowest BCUT2D eigenvalue weighted by molar-refractivity contribution is 0.0600. The molecule has 1 aromatic heterocycles. The maximum Gasteiger partial charge on any atom is 0.341 e. The van der Waals surface area contributed by atoms with Gasteiger partial charge in [-0.3, -0.25) is 10.1 Å². The molecule has 0 saturated heterocycles. The molecular weight excluding hydrogens is 416 g/mol. The molecule has 1 amide bonds. The molecule has 2 N–H and O–H groups in total. The van der Waals surface area contributed by atoms with Gasteiger partial charge in [-0.05, 0) is 67.4 Å². The second kappa shape index (κ2) is 8.86. The number of thiocarbonyl (C=S) groups is 1. The average molecular weight is 445 g/mol. The molecule has 0 radical (unpaired) electrons. The summed E-state index contributed by atoms with van der Waals surface area (Å²) in [4.78, 5) is 26.2. The van der Waals surface area contributed by atoms with Gasteiger partial charge in [-0.15, -0.1) is 11.3 Å². The molecule has 30 heavy (non-hydrogen) atoms. The quantitative estimate of drug-likeness (QED) is 0.508. The summed E-state index contributed by atoms with van der Waals surface area (Å²) in [6.07, 6.45) is 2.80. The molecule has 160 valence electrons. The van der Waals surface area contributed by atoms with Crippen molar-refractivity contribution >= 4 is 45.5 Å². The van der Waals surface area contributed by atoms with E-state index in [2.05, 4.69) is 31.4 Å². The monoisotopic (exact) mass is 444 g/mol. The van der Waals surface area contributed by atoms with Gasteiger partial charge in [-0.25, -0.2) is 4.79 Å². The predicted octanol–water partition coefficient (Wildman–Crippen LogP) is 5.12. The molecule has 1 unspecified atom stereocenters. The van der Waals surface area contributed by atoms with Gasteiger partial charge in [0.05, 0.1) is 12.7 Å². The second-order valence-electron chi connectivity index (χ2n) is 8.78. The van der Waals surface area contributed by atoms with Crippen LogP contribution in [0.2, 0.25) is 0 Å². The molecule has 0 bridgehead atoms. The van der Waals surface area contributed by atoms with Crippen molar-refractivity contribution in [2.24, 2.45) is 11.3 Å². The molecule has 7 heteroatoms. The number of hydrogen-bond donors (Lipinski definition) is 2. The number of nitrogens with one attached hydrogen (secondary N) is 2. The molecule has 2 aromatic rings. The number of anilines is 1. The molecule has 1 aromatic carbocycles. The van der Waals surface area contributed by atoms with Crippen LogP contribution in [0.5, 0.6) is 0 Å². The van der Waals surface area contributed by atoms with Crippen LogP contribution < -0.4 is 10.6 Å². The van der Waals surface area contributed by atoms with Gasteiger partial charge in [0.1, 0.15) is 5.00 Å². The van der Waals surface area contributed by atoms with E-state index in [4.69, 9.17) is 17.0 Å². The molecular formula is C23H28N2O3S2. The Balaban J connectivity index is 1.81. The van der Waals surface area contributed by atoms with Crippen molar-refractivity contribution in [1.82, 2.24) is 5.32 Å². The lowest BCUT2D eigenvalue weighted by atomic mass is 9.72. The van der Waals surface area contributed by atoms with E-state index in [9.17, 15) is 9.59 Å². The van der Waals surface area contributed by atoms with Gasteiger partial charge in [0.2, 0.25) is 0 Å². The van der Waals surface area contributed by atoms with Crippen LogP contribution in [0, 0.1) is 18.3 Å². The molecule has 0 aliphatic heterocycles. The Kier molecular flexibility index (Phi) is 6.62. The first-order valence-corrected chi connectivity index (χ1v) is 11.2. The van der Waals surface area contributed by atoms with Gasteiger partial charge >= 0.3 is 5.97 Å². The number of fused-ring (bicyclic) bond motifs is 1. The minimum Gasteiger partial charge on any atom is -0.465 e. The highest BCUT2D eigenvalue weighted by atomic mass is 32.1. The van der Waals surface area contributed by atoms with Crippen LogP contribution in [0.3, 0.4) is 0 Å². The highest BCUT2D eigenvalue weighted by Gasteiger charge is 2.34. The van der Waals surface area contributed by atoms with Gasteiger partial charge in [0, 0.05) is 10.4 Å². The van der Waals surface area contributed by atoms with E-state index in [0.29, 0.717) is 22.0 Å². The predicted molar refractivity (Wildman–Crippen MR) is 125 cm³/mol. The maximum absolute atomic E-state index is 12.5. The smallest absolute Gasteiger partial charge is 0.341 e. The highest BCUT2D eigenvalue weighted by Crippen LogP contribution is 2.44. The number of ether oxygens (including phenoxy) is 1. The standard InChI is InChI=1S/C23H28N2O3S2/c1-13-7-6-8-14(11-13)19(26)24-22(29)25-20-18(21(27)28-5)16-10-9-15(23(2,3)4)12-17(16)30-20/h6-8,11,15H,9-10,12H2,1-5H3,(H2,24,25,26,29). The summed E-state index contributed by atoms with van der Waals surface area (Å²) < 4.78 is 5.04. The Bertz CT molecular complexity index is 989. The Morgan fingerprint density at radius 3 is 2.63 bits per heavy atom. The number of esters is 1. The third-order valence-corrected chi connectivity index (χ3v) is 6.99. The molecule has 3 rings (SSSR count). The largest absolute Gasteiger partial charge is 0.465 e. The number of thiophene rings is 1. The van der Waals surface area contributed by atoms with Crippen LogP contribution in [-0.4, -0.2) is 24.1 Å². The van der Waals surface area contributed by atoms with E-state index in [-0.39, 0.29) is 22.4 Å². The minimum absolute atomic E-state index is 0.164. The fourth-order valence-corrected chi connectivity index (χ4v) is 5.41. The number of amides is 1. The molecule has 1 atom stereocenters. The van der Waals surface area contributed by atoms with E-state index in [1.165, 1.54) is 23.3 Å². The van der Waals surface area contributed by atoms with Gasteiger partial charge < -0.3 is 10.1 Å². The van der Waals surface area contributed by atoms with E-state index in [1.54, 1.807) is 12.1 Å². The lowest BCUT2D eigenvalue weighted by Crippen LogP contribution is -2.34. The van der Waals surface area contributed by atoms with E-state index in [0.717, 1.165) is 30.4 Å². The molecule has 1 aliphatic rings. The van der Waals surface area contributed by atoms with E-state index < -0.39 is 0 Å². The maximum atomic E-state index is 12.5. The Morgan fingerprint density at radius 1 is 1.27 bits per heavy atom. The normalized spacial score (nSPS) is 15.8. The lowest BCUT2D eigenvalue weighted by Gasteiger charge is -2.33. The number of aryl methyl sites for hydroxylation is 1. The van der Waals surface area contributed by atoms with Gasteiger partial charge in [0.25, 0.3) is 5.91 Å². The van der Waals surface area contributed by atoms with Gasteiger partial charge in [-0.1, -0.05) is 38.5 Å². The molecule has 1 aliphatic carbocycles. The number of hydrogen-bond acceptors (Lipinski definition) is 5. The van der Waals surface area contributed by atoms with Crippen molar-refractivity contribution in [1.29, 1.82) is 0 Å². The van der Waals surface area contributed by atoms with Crippen LogP contribution in [0.1, 0.15) is 63.9 Å². The summed E-state index contributed by atoms with van der Waals surface area (Å²) in [7, 11) is 1.38. The van der Waals surface area contributed by atoms with Crippen LogP contribution in [0.4, 0.5) is 5.00 Å². The van der Waals surface area contributed by atoms with Gasteiger partial charge in [0.15, 0.2) is 5.11 Å². The third kappa shape index (κ3) is 4.90. The molecule has 0 spiro atoms. The number of methoxy groups -OCH3 is 1. The summed E-state index contributed by atoms with van der Waals surface area (Å²) >= 11 is 6.89. The fourth-order valence-electron chi connectivity index (χ4n) is 3.83. The summed E-state index contributed by atoms with van der Waals surface area (Å²) in [5.74, 6) is -0.114. The average Bonchev–Trinajstić information content (AvgIpc) is 3.03. The fraction of sp³-hybridized carbons (Fsp3) is 0.435. The number of carbonyl (C=O) groups excluding carboxylic acids is 2. The van der Waals surface area contributed by atoms with Crippen molar-refractivity contribution in [3.63, 3.8) is 0 Å². The Labute approximate surface area is 187 Å². The van der Waals surface area contributed by atoms with Crippen LogP contribution in [0.25, 0.3) is 0 Å². The van der Waals surface area contributed by atoms with Crippen LogP contribution in [0.15, 0.2) is 24.3 Å². The second-order valence-corrected chi connectivity index (χ2v) is 10.3. The number of rotatable bonds is 3. The SMILES string of the molecule is COC(=O)c1c(NC(=S)NC(=O)c2cccc(C)c2)sc2c1CCC(C(C)(C)C)C2. The highest BCUT2D eigenvalue weighted by molar-refractivity contribution is 7.80. The van der Waals surface area contributed by atoms with Gasteiger partial charge in [-0.2, -0.15) is 0 Å². The van der Waals surface area contributed by atoms with Crippen molar-refractivity contribution in [2.45, 2.75) is 47.0 Å². The third-order valence-electron chi connectivity index (χ3n) is 5.61. The van der Waals surface area contributed by atoms with E-state index >= 15 is 0 Å². The Hall–Kier alpha value is -2.25. The van der Waals surface area contributed by atoms with Crippen LogP contribution in [-0.2, 0) is 17.6 Å². The molecule has 0 saturated carbocycles. The van der Waals surface area contributed by atoms with Crippen molar-refractivity contribution in [2.75, 3.05) is 12.4 Å². The van der Waals surface area contributed by atoms with Crippen LogP contribution >= 0.6 is 23.6 Å². The van der Waals surface area contributed by atoms with E-state index in [1.807, 2.05) is 19.1 Å². The number of benzene rings is 1. The first-order chi connectivity index (χ1) is 14.1. The first kappa shape index (κ1) is 22.4. The summed E-state index contributed by atoms with van der Waals surface area (Å²) in [5.41, 5.74) is 3.32. The minimum atomic E-state index is -0.378. The molecule has 1 heterocycles. The summed E-state index contributed by atoms with van der Waals surface area (Å²) in [5, 5.41) is 6.57. The first-order valence-electron chi connectivity index (χ1n) is 10.0. The summed E-state index contributed by atoms with van der Waals surface area (Å²) in [6, 6.07) is 7.29. The Morgan fingerprint density at radius 2 is 2.00 bits per heavy atom. The topological polar surface area (TPSA) is 67.4 Å². The summed E-state index contributed by atoms with van der Waals surface area (Å²) in [6.45, 7) is 8.70. The number of carbonyl (C=O) groups is 2. The molecule has 0 fully saturated rings. The van der Waals surface area contributed by atoms with Crippen molar-refractivity contribution < 1.29 is 14.3 Å². The zero-order valence-corrected chi connectivity index (χ0v) is 19.7. The molecule has 5 nitrogen and oxygen atoms in total. The zero-order chi connectivity index (χ0) is 22.1. The van der Waals surface area contributed by atoms with Crippen molar-refractivity contribution in [3.05, 3.63) is 51.4 Å². The van der Waals surface area contributed by atoms with Crippen molar-refractivity contribution in [3.8, 4) is 0 Å².